The van der Waals surface area contributed by atoms with E-state index < -0.39 is 0 Å². The summed E-state index contributed by atoms with van der Waals surface area (Å²) >= 11 is 0. The molecule has 0 fully saturated rings. The number of hydrogen-bond donors (Lipinski definition) is 0. The number of ketones is 1. The number of carbonyl (C=O) groups excluding carboxylic acids is 1. The van der Waals surface area contributed by atoms with Crippen molar-refractivity contribution in [1.29, 1.82) is 0 Å². The van der Waals surface area contributed by atoms with Crippen molar-refractivity contribution < 1.29 is 14.3 Å². The molecule has 0 aliphatic heterocycles. The van der Waals surface area contributed by atoms with E-state index in [0.717, 1.165) is 5.56 Å². The largest absolute Gasteiger partial charge is 0.496 e. The van der Waals surface area contributed by atoms with Crippen molar-refractivity contribution in [2.45, 2.75) is 13.8 Å². The van der Waals surface area contributed by atoms with Gasteiger partial charge < -0.3 is 9.47 Å². The van der Waals surface area contributed by atoms with E-state index in [1.54, 1.807) is 18.2 Å². The Kier molecular flexibility index (Phi) is 3.85. The number of aryl methyl sites for hydroxylation is 1. The fraction of sp³-hybridized carbons (Fsp3) is 0.188. The summed E-state index contributed by atoms with van der Waals surface area (Å²) in [6.07, 6.45) is 0. The maximum atomic E-state index is 11.7. The van der Waals surface area contributed by atoms with Crippen molar-refractivity contribution in [2.75, 3.05) is 7.11 Å². The van der Waals surface area contributed by atoms with Crippen LogP contribution in [0, 0.1) is 6.92 Å². The van der Waals surface area contributed by atoms with Gasteiger partial charge in [0.1, 0.15) is 22.8 Å². The van der Waals surface area contributed by atoms with Crippen molar-refractivity contribution in [3.8, 4) is 17.2 Å². The van der Waals surface area contributed by atoms with Gasteiger partial charge in [0.05, 0.1) is 7.11 Å². The van der Waals surface area contributed by atoms with Gasteiger partial charge in [-0.2, -0.15) is 0 Å². The number of carbonyl (C=O) groups is 1. The Morgan fingerprint density at radius 3 is 2.37 bits per heavy atom. The molecular weight excluding hydrogens is 240 g/mol. The minimum absolute atomic E-state index is 0.0832. The van der Waals surface area contributed by atoms with Crippen LogP contribution < -0.4 is 9.47 Å². The second-order valence-corrected chi connectivity index (χ2v) is 4.31. The molecule has 0 atom stereocenters. The van der Waals surface area contributed by atoms with Crippen LogP contribution in [-0.2, 0) is 0 Å². The molecule has 0 aliphatic carbocycles. The van der Waals surface area contributed by atoms with Crippen LogP contribution in [0.25, 0.3) is 0 Å². The summed E-state index contributed by atoms with van der Waals surface area (Å²) < 4.78 is 11.0. The molecule has 0 aliphatic rings. The Bertz CT molecular complexity index is 603. The fourth-order valence-electron chi connectivity index (χ4n) is 1.92. The minimum Gasteiger partial charge on any atom is -0.496 e. The zero-order chi connectivity index (χ0) is 13.8. The van der Waals surface area contributed by atoms with Gasteiger partial charge in [-0.25, -0.2) is 0 Å². The lowest BCUT2D eigenvalue weighted by molar-refractivity contribution is 0.101. The number of ether oxygens (including phenoxy) is 2. The molecule has 2 rings (SSSR count). The molecule has 0 saturated heterocycles. The van der Waals surface area contributed by atoms with Gasteiger partial charge in [-0.05, 0) is 43.7 Å². The predicted molar refractivity (Wildman–Crippen MR) is 74.3 cm³/mol. The molecule has 0 N–H and O–H groups in total. The second-order valence-electron chi connectivity index (χ2n) is 4.31. The number of hydrogen-bond acceptors (Lipinski definition) is 3. The van der Waals surface area contributed by atoms with E-state index in [-0.39, 0.29) is 5.78 Å². The van der Waals surface area contributed by atoms with E-state index in [0.29, 0.717) is 22.8 Å². The molecule has 19 heavy (non-hydrogen) atoms. The summed E-state index contributed by atoms with van der Waals surface area (Å²) in [6.45, 7) is 3.49. The standard InChI is InChI=1S/C16H16O3/c1-11-6-4-7-13(10-11)19-15-9-5-8-14(18-3)16(15)12(2)17/h4-10H,1-3H3. The quantitative estimate of drug-likeness (QED) is 0.776. The third-order valence-corrected chi connectivity index (χ3v) is 2.78. The van der Waals surface area contributed by atoms with Gasteiger partial charge in [-0.1, -0.05) is 18.2 Å². The maximum Gasteiger partial charge on any atom is 0.167 e. The Labute approximate surface area is 112 Å². The van der Waals surface area contributed by atoms with Gasteiger partial charge in [0.15, 0.2) is 5.78 Å². The van der Waals surface area contributed by atoms with E-state index in [1.165, 1.54) is 14.0 Å². The first-order chi connectivity index (χ1) is 9.11. The lowest BCUT2D eigenvalue weighted by Crippen LogP contribution is -2.01. The summed E-state index contributed by atoms with van der Waals surface area (Å²) in [5.74, 6) is 1.66. The first-order valence-corrected chi connectivity index (χ1v) is 6.04. The van der Waals surface area contributed by atoms with Crippen LogP contribution in [0.4, 0.5) is 0 Å². The fourth-order valence-corrected chi connectivity index (χ4v) is 1.92. The van der Waals surface area contributed by atoms with Gasteiger partial charge in [0.2, 0.25) is 0 Å². The maximum absolute atomic E-state index is 11.7. The van der Waals surface area contributed by atoms with E-state index in [9.17, 15) is 4.79 Å². The highest BCUT2D eigenvalue weighted by Crippen LogP contribution is 2.32. The molecule has 3 heteroatoms. The topological polar surface area (TPSA) is 35.5 Å². The monoisotopic (exact) mass is 256 g/mol. The number of methoxy groups -OCH3 is 1. The molecule has 0 spiro atoms. The van der Waals surface area contributed by atoms with Gasteiger partial charge >= 0.3 is 0 Å². The summed E-state index contributed by atoms with van der Waals surface area (Å²) in [4.78, 5) is 11.7. The number of rotatable bonds is 4. The minimum atomic E-state index is -0.0832. The normalized spacial score (nSPS) is 10.1. The molecule has 0 aromatic heterocycles. The third kappa shape index (κ3) is 2.94. The van der Waals surface area contributed by atoms with Crippen molar-refractivity contribution in [3.05, 3.63) is 53.6 Å². The molecule has 2 aromatic carbocycles. The van der Waals surface area contributed by atoms with E-state index >= 15 is 0 Å². The van der Waals surface area contributed by atoms with Crippen molar-refractivity contribution in [1.82, 2.24) is 0 Å². The van der Waals surface area contributed by atoms with Crippen LogP contribution in [-0.4, -0.2) is 12.9 Å². The number of benzene rings is 2. The van der Waals surface area contributed by atoms with Crippen LogP contribution in [0.15, 0.2) is 42.5 Å². The molecule has 0 heterocycles. The zero-order valence-electron chi connectivity index (χ0n) is 11.3. The Hall–Kier alpha value is -2.29. The predicted octanol–water partition coefficient (Wildman–Crippen LogP) is 4.00. The van der Waals surface area contributed by atoms with Crippen molar-refractivity contribution in [3.63, 3.8) is 0 Å². The molecule has 98 valence electrons. The summed E-state index contributed by atoms with van der Waals surface area (Å²) in [5.41, 5.74) is 1.57. The zero-order valence-corrected chi connectivity index (χ0v) is 11.3. The number of Topliss-reactive ketones (excluding diaryl/α,β-unsaturated/α-hetero) is 1. The molecule has 0 saturated carbocycles. The Balaban J connectivity index is 2.42. The molecule has 2 aromatic rings. The van der Waals surface area contributed by atoms with E-state index in [2.05, 4.69) is 0 Å². The van der Waals surface area contributed by atoms with Crippen molar-refractivity contribution >= 4 is 5.78 Å². The first kappa shape index (κ1) is 13.1. The highest BCUT2D eigenvalue weighted by molar-refractivity contribution is 5.99. The lowest BCUT2D eigenvalue weighted by atomic mass is 10.1. The van der Waals surface area contributed by atoms with Gasteiger partial charge in [0, 0.05) is 0 Å². The van der Waals surface area contributed by atoms with Crippen molar-refractivity contribution in [2.24, 2.45) is 0 Å². The van der Waals surface area contributed by atoms with Crippen LogP contribution in [0.2, 0.25) is 0 Å². The molecule has 0 unspecified atom stereocenters. The average Bonchev–Trinajstić information content (AvgIpc) is 2.38. The van der Waals surface area contributed by atoms with E-state index in [1.807, 2.05) is 31.2 Å². The average molecular weight is 256 g/mol. The lowest BCUT2D eigenvalue weighted by Gasteiger charge is -2.12. The second kappa shape index (κ2) is 5.57. The van der Waals surface area contributed by atoms with Crippen LogP contribution in [0.3, 0.4) is 0 Å². The third-order valence-electron chi connectivity index (χ3n) is 2.78. The van der Waals surface area contributed by atoms with Crippen LogP contribution >= 0.6 is 0 Å². The van der Waals surface area contributed by atoms with Crippen LogP contribution in [0.5, 0.6) is 17.2 Å². The molecule has 0 radical (unpaired) electrons. The Morgan fingerprint density at radius 2 is 1.74 bits per heavy atom. The summed E-state index contributed by atoms with van der Waals surface area (Å²) in [5, 5.41) is 0. The molecule has 3 nitrogen and oxygen atoms in total. The molecular formula is C16H16O3. The first-order valence-electron chi connectivity index (χ1n) is 6.04. The van der Waals surface area contributed by atoms with Gasteiger partial charge in [-0.15, -0.1) is 0 Å². The van der Waals surface area contributed by atoms with Crippen LogP contribution in [0.1, 0.15) is 22.8 Å². The van der Waals surface area contributed by atoms with Gasteiger partial charge in [-0.3, -0.25) is 4.79 Å². The highest BCUT2D eigenvalue weighted by atomic mass is 16.5. The Morgan fingerprint density at radius 1 is 1.05 bits per heavy atom. The SMILES string of the molecule is COc1cccc(Oc2cccc(C)c2)c1C(C)=O. The molecule has 0 amide bonds. The van der Waals surface area contributed by atoms with E-state index in [4.69, 9.17) is 9.47 Å². The molecule has 0 bridgehead atoms. The summed E-state index contributed by atoms with van der Waals surface area (Å²) in [7, 11) is 1.54. The van der Waals surface area contributed by atoms with Gasteiger partial charge in [0.25, 0.3) is 0 Å². The summed E-state index contributed by atoms with van der Waals surface area (Å²) in [6, 6.07) is 13.0. The smallest absolute Gasteiger partial charge is 0.167 e. The highest BCUT2D eigenvalue weighted by Gasteiger charge is 2.15.